The van der Waals surface area contributed by atoms with E-state index in [4.69, 9.17) is 0 Å². The third kappa shape index (κ3) is 2.63. The number of carbonyl (C=O) groups excluding carboxylic acids is 2. The number of anilines is 1. The Morgan fingerprint density at radius 3 is 2.16 bits per heavy atom. The first-order valence-corrected chi connectivity index (χ1v) is 6.85. The highest BCUT2D eigenvalue weighted by molar-refractivity contribution is 8.06. The lowest BCUT2D eigenvalue weighted by molar-refractivity contribution is -0.119. The summed E-state index contributed by atoms with van der Waals surface area (Å²) < 4.78 is 0. The van der Waals surface area contributed by atoms with Gasteiger partial charge in [0.1, 0.15) is 0 Å². The van der Waals surface area contributed by atoms with Gasteiger partial charge >= 0.3 is 0 Å². The monoisotopic (exact) mass is 273 g/mol. The second kappa shape index (κ2) is 5.45. The number of hydrogen-bond donors (Lipinski definition) is 0. The van der Waals surface area contributed by atoms with E-state index < -0.39 is 0 Å². The van der Waals surface area contributed by atoms with E-state index in [0.29, 0.717) is 5.03 Å². The van der Waals surface area contributed by atoms with Gasteiger partial charge in [-0.2, -0.15) is 0 Å². The number of Topliss-reactive ketones (excluding diaryl/α,β-unsaturated/α-hetero) is 2. The van der Waals surface area contributed by atoms with Crippen LogP contribution in [0.4, 0.5) is 5.69 Å². The van der Waals surface area contributed by atoms with E-state index in [9.17, 15) is 9.59 Å². The number of hydrogen-bond acceptors (Lipinski definition) is 4. The van der Waals surface area contributed by atoms with E-state index in [1.807, 2.05) is 47.6 Å². The molecule has 0 atom stereocenters. The topological polar surface area (TPSA) is 37.4 Å². The van der Waals surface area contributed by atoms with E-state index in [-0.39, 0.29) is 17.1 Å². The molecule has 1 heterocycles. The van der Waals surface area contributed by atoms with Crippen molar-refractivity contribution in [3.05, 3.63) is 52.0 Å². The molecule has 4 heteroatoms. The number of allylic oxidation sites excluding steroid dienone is 2. The average Bonchev–Trinajstić information content (AvgIpc) is 2.71. The fourth-order valence-electron chi connectivity index (χ4n) is 2.02. The van der Waals surface area contributed by atoms with Gasteiger partial charge in [-0.15, -0.1) is 0 Å². The first-order chi connectivity index (χ1) is 9.02. The van der Waals surface area contributed by atoms with Crippen molar-refractivity contribution in [1.82, 2.24) is 0 Å². The van der Waals surface area contributed by atoms with E-state index >= 15 is 0 Å². The maximum absolute atomic E-state index is 11.7. The molecule has 0 fully saturated rings. The lowest BCUT2D eigenvalue weighted by Crippen LogP contribution is -2.20. The van der Waals surface area contributed by atoms with Crippen molar-refractivity contribution in [3.63, 3.8) is 0 Å². The number of ketones is 2. The zero-order valence-corrected chi connectivity index (χ0v) is 12.0. The molecule has 0 aromatic heterocycles. The third-order valence-corrected chi connectivity index (χ3v) is 3.90. The molecule has 0 saturated heterocycles. The number of carbonyl (C=O) groups is 2. The molecule has 98 valence electrons. The van der Waals surface area contributed by atoms with Gasteiger partial charge in [-0.05, 0) is 38.3 Å². The molecule has 0 N–H and O–H groups in total. The predicted octanol–water partition coefficient (Wildman–Crippen LogP) is 3.49. The normalized spacial score (nSPS) is 14.4. The van der Waals surface area contributed by atoms with Gasteiger partial charge in [-0.1, -0.05) is 30.0 Å². The Bertz CT molecular complexity index is 571. The number of rotatable bonds is 3. The van der Waals surface area contributed by atoms with Crippen LogP contribution >= 0.6 is 11.8 Å². The highest BCUT2D eigenvalue weighted by Crippen LogP contribution is 2.40. The number of para-hydroxylation sites is 1. The van der Waals surface area contributed by atoms with Gasteiger partial charge < -0.3 is 4.90 Å². The SMILES string of the molecule is CC(=O)C(C(C)=O)=C1SC=C(C)N1c1ccccc1. The van der Waals surface area contributed by atoms with Gasteiger partial charge in [0.25, 0.3) is 0 Å². The van der Waals surface area contributed by atoms with Crippen LogP contribution in [-0.4, -0.2) is 11.6 Å². The van der Waals surface area contributed by atoms with E-state index in [0.717, 1.165) is 11.4 Å². The summed E-state index contributed by atoms with van der Waals surface area (Å²) in [6, 6.07) is 9.73. The summed E-state index contributed by atoms with van der Waals surface area (Å²) in [5.41, 5.74) is 2.23. The van der Waals surface area contributed by atoms with Crippen LogP contribution in [0.15, 0.2) is 52.0 Å². The Kier molecular flexibility index (Phi) is 3.90. The first-order valence-electron chi connectivity index (χ1n) is 5.97. The molecular weight excluding hydrogens is 258 g/mol. The quantitative estimate of drug-likeness (QED) is 0.480. The molecule has 1 aliphatic rings. The van der Waals surface area contributed by atoms with Crippen molar-refractivity contribution < 1.29 is 9.59 Å². The summed E-state index contributed by atoms with van der Waals surface area (Å²) >= 11 is 1.42. The Morgan fingerprint density at radius 2 is 1.63 bits per heavy atom. The highest BCUT2D eigenvalue weighted by Gasteiger charge is 2.27. The van der Waals surface area contributed by atoms with E-state index in [1.165, 1.54) is 25.6 Å². The van der Waals surface area contributed by atoms with Crippen molar-refractivity contribution in [3.8, 4) is 0 Å². The number of thioether (sulfide) groups is 1. The second-order valence-corrected chi connectivity index (χ2v) is 5.20. The zero-order chi connectivity index (χ0) is 14.0. The third-order valence-electron chi connectivity index (χ3n) is 2.83. The van der Waals surface area contributed by atoms with Crippen molar-refractivity contribution in [2.24, 2.45) is 0 Å². The van der Waals surface area contributed by atoms with Crippen molar-refractivity contribution in [2.45, 2.75) is 20.8 Å². The van der Waals surface area contributed by atoms with Crippen LogP contribution in [0.1, 0.15) is 20.8 Å². The smallest absolute Gasteiger partial charge is 0.166 e. The molecule has 0 amide bonds. The summed E-state index contributed by atoms with van der Waals surface area (Å²) in [6.45, 7) is 4.83. The van der Waals surface area contributed by atoms with E-state index in [2.05, 4.69) is 0 Å². The standard InChI is InChI=1S/C15H15NO2S/c1-10-9-19-15(14(11(2)17)12(3)18)16(10)13-7-5-4-6-8-13/h4-9H,1-3H3. The molecule has 0 spiro atoms. The first kappa shape index (κ1) is 13.6. The van der Waals surface area contributed by atoms with Crippen molar-refractivity contribution in [2.75, 3.05) is 4.90 Å². The highest BCUT2D eigenvalue weighted by atomic mass is 32.2. The van der Waals surface area contributed by atoms with Crippen LogP contribution in [0, 0.1) is 0 Å². The summed E-state index contributed by atoms with van der Waals surface area (Å²) in [4.78, 5) is 25.4. The molecule has 1 aromatic rings. The van der Waals surface area contributed by atoms with Crippen molar-refractivity contribution >= 4 is 29.0 Å². The van der Waals surface area contributed by atoms with Gasteiger partial charge in [0, 0.05) is 11.4 Å². The Hall–Kier alpha value is -1.81. The van der Waals surface area contributed by atoms with Crippen LogP contribution in [0.5, 0.6) is 0 Å². The molecule has 0 aliphatic carbocycles. The minimum absolute atomic E-state index is 0.195. The minimum atomic E-state index is -0.195. The van der Waals surface area contributed by atoms with E-state index in [1.54, 1.807) is 0 Å². The largest absolute Gasteiger partial charge is 0.307 e. The lowest BCUT2D eigenvalue weighted by Gasteiger charge is -2.23. The summed E-state index contributed by atoms with van der Waals surface area (Å²) in [7, 11) is 0. The molecule has 1 aliphatic heterocycles. The van der Waals surface area contributed by atoms with Gasteiger partial charge in [0.15, 0.2) is 11.6 Å². The van der Waals surface area contributed by atoms with Crippen LogP contribution in [0.3, 0.4) is 0 Å². The number of benzene rings is 1. The second-order valence-electron chi connectivity index (χ2n) is 4.34. The van der Waals surface area contributed by atoms with Gasteiger partial charge in [0.05, 0.1) is 10.6 Å². The molecule has 1 aromatic carbocycles. The fourth-order valence-corrected chi connectivity index (χ4v) is 3.17. The van der Waals surface area contributed by atoms with Crippen LogP contribution in [0.25, 0.3) is 0 Å². The van der Waals surface area contributed by atoms with Gasteiger partial charge in [0.2, 0.25) is 0 Å². The number of nitrogens with zero attached hydrogens (tertiary/aromatic N) is 1. The van der Waals surface area contributed by atoms with Gasteiger partial charge in [-0.25, -0.2) is 0 Å². The molecule has 0 saturated carbocycles. The molecule has 19 heavy (non-hydrogen) atoms. The van der Waals surface area contributed by atoms with Crippen molar-refractivity contribution in [1.29, 1.82) is 0 Å². The van der Waals surface area contributed by atoms with Crippen LogP contribution in [-0.2, 0) is 9.59 Å². The lowest BCUT2D eigenvalue weighted by atomic mass is 10.1. The molecule has 0 bridgehead atoms. The fraction of sp³-hybridized carbons (Fsp3) is 0.200. The summed E-state index contributed by atoms with van der Waals surface area (Å²) in [6.07, 6.45) is 0. The summed E-state index contributed by atoms with van der Waals surface area (Å²) in [5, 5.41) is 2.65. The molecule has 2 rings (SSSR count). The van der Waals surface area contributed by atoms with Crippen LogP contribution in [0.2, 0.25) is 0 Å². The maximum Gasteiger partial charge on any atom is 0.166 e. The van der Waals surface area contributed by atoms with Gasteiger partial charge in [-0.3, -0.25) is 9.59 Å². The molecule has 0 unspecified atom stereocenters. The molecular formula is C15H15NO2S. The maximum atomic E-state index is 11.7. The molecule has 0 radical (unpaired) electrons. The average molecular weight is 273 g/mol. The zero-order valence-electron chi connectivity index (χ0n) is 11.1. The Balaban J connectivity index is 2.56. The van der Waals surface area contributed by atoms with Crippen LogP contribution < -0.4 is 4.90 Å². The predicted molar refractivity (Wildman–Crippen MR) is 78.7 cm³/mol. The summed E-state index contributed by atoms with van der Waals surface area (Å²) in [5.74, 6) is -0.391. The Labute approximate surface area is 117 Å². The molecule has 3 nitrogen and oxygen atoms in total. The Morgan fingerprint density at radius 1 is 1.05 bits per heavy atom. The minimum Gasteiger partial charge on any atom is -0.307 e.